The molecule has 15 heteroatoms. The summed E-state index contributed by atoms with van der Waals surface area (Å²) in [4.78, 5) is 51.1. The Labute approximate surface area is 431 Å². The predicted molar refractivity (Wildman–Crippen MR) is 279 cm³/mol. The molecule has 3 saturated heterocycles. The van der Waals surface area contributed by atoms with Crippen LogP contribution in [0.3, 0.4) is 0 Å². The highest BCUT2D eigenvalue weighted by Gasteiger charge is 2.46. The number of hydrogen-bond acceptors (Lipinski definition) is 9. The summed E-state index contributed by atoms with van der Waals surface area (Å²) in [6.45, 7) is 14.6. The highest BCUT2D eigenvalue weighted by Crippen LogP contribution is 2.48. The van der Waals surface area contributed by atoms with Crippen molar-refractivity contribution in [1.82, 2.24) is 23.4 Å². The molecule has 11 rings (SSSR count). The average Bonchev–Trinajstić information content (AvgIpc) is 4.13. The van der Waals surface area contributed by atoms with Gasteiger partial charge in [-0.2, -0.15) is 4.42 Å². The molecule has 0 bridgehead atoms. The molecule has 0 N–H and O–H groups in total. The normalized spacial score (nSPS) is 16.9. The van der Waals surface area contributed by atoms with E-state index in [2.05, 4.69) is 64.1 Å². The number of piperidine rings is 2. The zero-order valence-electron chi connectivity index (χ0n) is 42.0. The fraction of sp³-hybridized carbons (Fsp3) is 0.368. The van der Waals surface area contributed by atoms with E-state index >= 15 is 0 Å². The first-order valence-electron chi connectivity index (χ1n) is 24.8. The van der Waals surface area contributed by atoms with Crippen molar-refractivity contribution in [1.29, 1.82) is 0 Å². The van der Waals surface area contributed by atoms with Gasteiger partial charge in [0, 0.05) is 93.8 Å². The van der Waals surface area contributed by atoms with E-state index in [9.17, 15) is 19.2 Å². The molecule has 7 heterocycles. The maximum Gasteiger partial charge on any atom is 0.253 e. The van der Waals surface area contributed by atoms with Crippen LogP contribution in [0.4, 0.5) is 0 Å². The second-order valence-electron chi connectivity index (χ2n) is 19.4. The number of fused-ring (bicyclic) bond motifs is 8. The number of carbonyl (C=O) groups is 4. The highest BCUT2D eigenvalue weighted by molar-refractivity contribution is 7.98. The number of amides is 4. The predicted octanol–water partition coefficient (Wildman–Crippen LogP) is 11.2. The van der Waals surface area contributed by atoms with Crippen LogP contribution in [0.15, 0.2) is 120 Å². The van der Waals surface area contributed by atoms with E-state index in [-0.39, 0.29) is 54.3 Å². The van der Waals surface area contributed by atoms with E-state index in [1.54, 1.807) is 11.8 Å². The largest absolute Gasteiger partial charge is 0.491 e. The van der Waals surface area contributed by atoms with Crippen molar-refractivity contribution < 1.29 is 38.1 Å². The number of aromatic nitrogens is 2. The monoisotopic (exact) mass is 1010 g/mol. The lowest BCUT2D eigenvalue weighted by atomic mass is 9.86. The second-order valence-corrected chi connectivity index (χ2v) is 20.6. The van der Waals surface area contributed by atoms with Crippen LogP contribution in [0.2, 0.25) is 0 Å². The van der Waals surface area contributed by atoms with E-state index in [1.807, 2.05) is 118 Å². The zero-order valence-corrected chi connectivity index (χ0v) is 43.6. The van der Waals surface area contributed by atoms with Gasteiger partial charge in [-0.25, -0.2) is 0 Å². The fourth-order valence-electron chi connectivity index (χ4n) is 10.3. The zero-order chi connectivity index (χ0) is 50.9. The van der Waals surface area contributed by atoms with Gasteiger partial charge in [0.1, 0.15) is 23.0 Å². The molecule has 4 amide bonds. The van der Waals surface area contributed by atoms with Gasteiger partial charge in [0.2, 0.25) is 11.8 Å². The molecule has 4 aromatic carbocycles. The maximum atomic E-state index is 13.3. The van der Waals surface area contributed by atoms with Crippen molar-refractivity contribution in [2.45, 2.75) is 109 Å². The Morgan fingerprint density at radius 1 is 0.611 bits per heavy atom. The Morgan fingerprint density at radius 2 is 1.08 bits per heavy atom. The number of thioether (sulfide) groups is 1. The summed E-state index contributed by atoms with van der Waals surface area (Å²) in [6.07, 6.45) is 8.01. The second kappa shape index (κ2) is 20.8. The first kappa shape index (κ1) is 50.3. The van der Waals surface area contributed by atoms with Crippen molar-refractivity contribution >= 4 is 47.2 Å². The van der Waals surface area contributed by atoms with Crippen molar-refractivity contribution in [2.24, 2.45) is 0 Å². The number of ether oxygens (including phenoxy) is 4. The average molecular weight is 1010 g/mol. The molecule has 0 aliphatic carbocycles. The third kappa shape index (κ3) is 9.95. The molecular weight excluding hydrogens is 950 g/mol. The Bertz CT molecular complexity index is 2980. The molecule has 3 fully saturated rings. The molecule has 2 spiro atoms. The first-order valence-corrected chi connectivity index (χ1v) is 26.3. The summed E-state index contributed by atoms with van der Waals surface area (Å²) in [6, 6.07) is 36.4. The Morgan fingerprint density at radius 3 is 1.54 bits per heavy atom. The number of imide groups is 1. The third-order valence-electron chi connectivity index (χ3n) is 13.9. The number of halogens is 1. The smallest absolute Gasteiger partial charge is 0.253 e. The lowest BCUT2D eigenvalue weighted by Gasteiger charge is -2.45. The van der Waals surface area contributed by atoms with Crippen LogP contribution < -0.4 is 18.9 Å². The summed E-state index contributed by atoms with van der Waals surface area (Å²) >= 11 is 6.89. The molecule has 2 aromatic heterocycles. The van der Waals surface area contributed by atoms with Crippen molar-refractivity contribution in [2.75, 3.05) is 32.4 Å². The van der Waals surface area contributed by atoms with Crippen molar-refractivity contribution in [3.8, 4) is 34.4 Å². The highest BCUT2D eigenvalue weighted by atomic mass is 35.5. The van der Waals surface area contributed by atoms with Gasteiger partial charge in [-0.1, -0.05) is 24.3 Å². The summed E-state index contributed by atoms with van der Waals surface area (Å²) in [5, 5.41) is 1.21. The Hall–Kier alpha value is -6.64. The van der Waals surface area contributed by atoms with Gasteiger partial charge in [-0.3, -0.25) is 19.2 Å². The number of hydrogen-bond donors (Lipinski definition) is 0. The first-order chi connectivity index (χ1) is 34.6. The molecule has 0 saturated carbocycles. The molecule has 6 aromatic rings. The summed E-state index contributed by atoms with van der Waals surface area (Å²) < 4.78 is 30.1. The minimum absolute atomic E-state index is 0.0699. The number of likely N-dealkylation sites (tertiary alicyclic amines) is 2. The minimum Gasteiger partial charge on any atom is -0.491 e. The van der Waals surface area contributed by atoms with E-state index < -0.39 is 5.60 Å². The molecule has 5 aliphatic heterocycles. The molecule has 376 valence electrons. The van der Waals surface area contributed by atoms with Gasteiger partial charge in [-0.15, -0.1) is 11.8 Å². The number of benzene rings is 4. The van der Waals surface area contributed by atoms with Crippen LogP contribution in [0.25, 0.3) is 11.4 Å². The molecule has 0 radical (unpaired) electrons. The van der Waals surface area contributed by atoms with Gasteiger partial charge in [0.15, 0.2) is 11.2 Å². The van der Waals surface area contributed by atoms with Crippen LogP contribution >= 0.6 is 23.5 Å². The summed E-state index contributed by atoms with van der Waals surface area (Å²) in [5.41, 5.74) is 7.11. The molecular formula is C57H62ClN5O8S. The van der Waals surface area contributed by atoms with Crippen LogP contribution in [-0.4, -0.2) is 91.6 Å². The van der Waals surface area contributed by atoms with E-state index in [1.165, 1.54) is 16.4 Å². The third-order valence-corrected chi connectivity index (χ3v) is 15.0. The fourth-order valence-corrected chi connectivity index (χ4v) is 11.0. The maximum absolute atomic E-state index is 13.3. The Balaban J connectivity index is 0.000000154. The lowest BCUT2D eigenvalue weighted by molar-refractivity contribution is -0.132. The van der Waals surface area contributed by atoms with Gasteiger partial charge in [-0.05, 0) is 144 Å². The van der Waals surface area contributed by atoms with Crippen molar-refractivity contribution in [3.63, 3.8) is 0 Å². The lowest BCUT2D eigenvalue weighted by Crippen LogP contribution is -2.50. The molecule has 72 heavy (non-hydrogen) atoms. The standard InChI is InChI=1S/C27H30N2O3S.C26H28N2O3.C4H4ClNO2/c1-18(2)31-22-10-9-20(17-19(22)3)26(30)28-15-13-27(14-16-28)24-11-12-25(33-4)29(24)21-7-5-6-8-23(21)32-27;1-18(2)30-22-11-10-20(17-19(22)3)25(29)27-15-12-26(13-16-27)24-9-6-14-28(24)21-7-4-5-8-23(21)31-26;5-6-3(7)1-2-4(6)8/h5-12,17-18H,13-16H2,1-4H3;4-11,14,17-18H,12-13,15-16H2,1-3H3;1-2H2. The Kier molecular flexibility index (Phi) is 14.6. The quantitative estimate of drug-likeness (QED) is 0.0873. The van der Waals surface area contributed by atoms with Crippen molar-refractivity contribution in [3.05, 3.63) is 149 Å². The van der Waals surface area contributed by atoms with Gasteiger partial charge in [0.25, 0.3) is 11.8 Å². The van der Waals surface area contributed by atoms with Gasteiger partial charge < -0.3 is 37.9 Å². The van der Waals surface area contributed by atoms with E-state index in [0.717, 1.165) is 71.2 Å². The summed E-state index contributed by atoms with van der Waals surface area (Å²) in [7, 11) is 0. The number of para-hydroxylation sites is 4. The van der Waals surface area contributed by atoms with Crippen LogP contribution in [0.5, 0.6) is 23.0 Å². The number of rotatable bonds is 7. The van der Waals surface area contributed by atoms with E-state index in [4.69, 9.17) is 30.7 Å². The molecule has 13 nitrogen and oxygen atoms in total. The number of nitrogens with zero attached hydrogens (tertiary/aromatic N) is 5. The molecule has 0 unspecified atom stereocenters. The summed E-state index contributed by atoms with van der Waals surface area (Å²) in [5.74, 6) is 3.03. The topological polar surface area (TPSA) is 125 Å². The van der Waals surface area contributed by atoms with Crippen LogP contribution in [0.1, 0.15) is 109 Å². The molecule has 0 atom stereocenters. The number of aryl methyl sites for hydroxylation is 2. The molecule has 5 aliphatic rings. The van der Waals surface area contributed by atoms with Crippen LogP contribution in [-0.2, 0) is 20.8 Å². The minimum atomic E-state index is -0.413. The van der Waals surface area contributed by atoms with E-state index in [0.29, 0.717) is 41.7 Å². The van der Waals surface area contributed by atoms with Gasteiger partial charge in [0.05, 0.1) is 40.0 Å². The number of carbonyl (C=O) groups excluding carboxylic acids is 4. The van der Waals surface area contributed by atoms with Gasteiger partial charge >= 0.3 is 0 Å². The SMILES string of the molecule is CSc1ccc2n1-c1ccccc1OC21CCN(C(=O)c2ccc(OC(C)C)c(C)c2)CC1.Cc1cc(C(=O)N2CCC3(CC2)Oc2ccccc2-n2cccc23)ccc1OC(C)C.O=C1CCC(=O)N1Cl. The van der Waals surface area contributed by atoms with Crippen LogP contribution in [0, 0.1) is 13.8 Å².